The van der Waals surface area contributed by atoms with Gasteiger partial charge in [-0.25, -0.2) is 8.78 Å². The number of hydrogen-bond acceptors (Lipinski definition) is 2. The quantitative estimate of drug-likeness (QED) is 0.900. The van der Waals surface area contributed by atoms with Crippen molar-refractivity contribution in [1.29, 1.82) is 0 Å². The highest BCUT2D eigenvalue weighted by Crippen LogP contribution is 2.17. The number of carbonyl (C=O) groups excluding carboxylic acids is 1. The van der Waals surface area contributed by atoms with Gasteiger partial charge in [-0.05, 0) is 43.9 Å². The highest BCUT2D eigenvalue weighted by atomic mass is 35.5. The molecule has 6 heteroatoms. The van der Waals surface area contributed by atoms with Gasteiger partial charge in [0.15, 0.2) is 0 Å². The average molecular weight is 305 g/mol. The first-order chi connectivity index (χ1) is 9.04. The van der Waals surface area contributed by atoms with E-state index in [4.69, 9.17) is 5.73 Å². The van der Waals surface area contributed by atoms with Crippen LogP contribution in [0.25, 0.3) is 0 Å². The molecular formula is C14H19ClF2N2O. The summed E-state index contributed by atoms with van der Waals surface area (Å²) in [5.74, 6) is -1.36. The first-order valence-corrected chi connectivity index (χ1v) is 6.53. The summed E-state index contributed by atoms with van der Waals surface area (Å²) in [4.78, 5) is 11.8. The molecule has 1 aromatic rings. The molecule has 0 spiro atoms. The van der Waals surface area contributed by atoms with Gasteiger partial charge in [0.05, 0.1) is 6.42 Å². The monoisotopic (exact) mass is 304 g/mol. The number of nitrogens with one attached hydrogen (secondary N) is 1. The van der Waals surface area contributed by atoms with E-state index in [1.165, 1.54) is 0 Å². The van der Waals surface area contributed by atoms with E-state index in [1.54, 1.807) is 0 Å². The summed E-state index contributed by atoms with van der Waals surface area (Å²) in [6.45, 7) is 0. The van der Waals surface area contributed by atoms with Crippen molar-refractivity contribution in [1.82, 2.24) is 5.32 Å². The third-order valence-electron chi connectivity index (χ3n) is 3.50. The molecule has 1 aliphatic carbocycles. The maximum atomic E-state index is 13.4. The van der Waals surface area contributed by atoms with E-state index in [0.717, 1.165) is 43.9 Å². The van der Waals surface area contributed by atoms with Gasteiger partial charge in [0, 0.05) is 17.6 Å². The second kappa shape index (κ2) is 7.55. The molecule has 0 atom stereocenters. The zero-order chi connectivity index (χ0) is 13.8. The van der Waals surface area contributed by atoms with Gasteiger partial charge in [0.2, 0.25) is 5.91 Å². The van der Waals surface area contributed by atoms with Crippen molar-refractivity contribution in [2.24, 2.45) is 5.73 Å². The number of rotatable bonds is 3. The Hall–Kier alpha value is -1.20. The minimum absolute atomic E-state index is 0. The summed E-state index contributed by atoms with van der Waals surface area (Å²) in [5.41, 5.74) is 5.87. The Morgan fingerprint density at radius 1 is 1.25 bits per heavy atom. The van der Waals surface area contributed by atoms with Crippen molar-refractivity contribution >= 4 is 18.3 Å². The number of benzene rings is 1. The number of amides is 1. The summed E-state index contributed by atoms with van der Waals surface area (Å²) >= 11 is 0. The fourth-order valence-corrected chi connectivity index (χ4v) is 2.39. The van der Waals surface area contributed by atoms with Crippen LogP contribution in [0.5, 0.6) is 0 Å². The van der Waals surface area contributed by atoms with Gasteiger partial charge < -0.3 is 11.1 Å². The molecule has 0 saturated heterocycles. The van der Waals surface area contributed by atoms with Crippen molar-refractivity contribution in [3.8, 4) is 0 Å². The predicted molar refractivity (Wildman–Crippen MR) is 75.7 cm³/mol. The van der Waals surface area contributed by atoms with Crippen molar-refractivity contribution in [3.63, 3.8) is 0 Å². The zero-order valence-electron chi connectivity index (χ0n) is 11.1. The van der Waals surface area contributed by atoms with Crippen molar-refractivity contribution < 1.29 is 13.6 Å². The minimum Gasteiger partial charge on any atom is -0.353 e. The van der Waals surface area contributed by atoms with Gasteiger partial charge >= 0.3 is 0 Å². The van der Waals surface area contributed by atoms with E-state index in [1.807, 2.05) is 0 Å². The first kappa shape index (κ1) is 16.9. The lowest BCUT2D eigenvalue weighted by atomic mass is 9.91. The lowest BCUT2D eigenvalue weighted by Crippen LogP contribution is -2.41. The van der Waals surface area contributed by atoms with Crippen LogP contribution in [0.4, 0.5) is 8.78 Å². The van der Waals surface area contributed by atoms with E-state index < -0.39 is 11.6 Å². The fourth-order valence-electron chi connectivity index (χ4n) is 2.39. The molecule has 112 valence electrons. The Morgan fingerprint density at radius 3 is 2.55 bits per heavy atom. The Balaban J connectivity index is 0.00000200. The van der Waals surface area contributed by atoms with Crippen LogP contribution < -0.4 is 11.1 Å². The SMILES string of the molecule is Cl.NC1CCC(NC(=O)Cc2cc(F)ccc2F)CC1. The van der Waals surface area contributed by atoms with Gasteiger partial charge in [0.1, 0.15) is 11.6 Å². The second-order valence-electron chi connectivity index (χ2n) is 5.09. The number of nitrogens with two attached hydrogens (primary N) is 1. The van der Waals surface area contributed by atoms with E-state index in [0.29, 0.717) is 0 Å². The van der Waals surface area contributed by atoms with Crippen molar-refractivity contribution in [2.45, 2.75) is 44.2 Å². The van der Waals surface area contributed by atoms with Crippen LogP contribution in [0.3, 0.4) is 0 Å². The predicted octanol–water partition coefficient (Wildman–Crippen LogP) is 2.32. The maximum Gasteiger partial charge on any atom is 0.224 e. The van der Waals surface area contributed by atoms with Crippen LogP contribution in [-0.2, 0) is 11.2 Å². The Bertz CT molecular complexity index is 462. The van der Waals surface area contributed by atoms with E-state index in [2.05, 4.69) is 5.32 Å². The second-order valence-corrected chi connectivity index (χ2v) is 5.09. The molecule has 0 aromatic heterocycles. The standard InChI is InChI=1S/C14H18F2N2O.ClH/c15-10-1-6-13(16)9(7-10)8-14(19)18-12-4-2-11(17)3-5-12;/h1,6-7,11-12H,2-5,8,17H2,(H,18,19);1H. The molecule has 1 aliphatic rings. The Labute approximate surface area is 123 Å². The van der Waals surface area contributed by atoms with Gasteiger partial charge in [-0.2, -0.15) is 0 Å². The molecule has 0 unspecified atom stereocenters. The molecule has 2 rings (SSSR count). The molecule has 0 heterocycles. The average Bonchev–Trinajstić information content (AvgIpc) is 2.37. The maximum absolute atomic E-state index is 13.4. The van der Waals surface area contributed by atoms with E-state index in [-0.39, 0.29) is 42.4 Å². The zero-order valence-corrected chi connectivity index (χ0v) is 11.9. The topological polar surface area (TPSA) is 55.1 Å². The van der Waals surface area contributed by atoms with Crippen LogP contribution >= 0.6 is 12.4 Å². The van der Waals surface area contributed by atoms with Crippen molar-refractivity contribution in [2.75, 3.05) is 0 Å². The van der Waals surface area contributed by atoms with E-state index >= 15 is 0 Å². The molecule has 0 bridgehead atoms. The highest BCUT2D eigenvalue weighted by Gasteiger charge is 2.20. The highest BCUT2D eigenvalue weighted by molar-refractivity contribution is 5.85. The van der Waals surface area contributed by atoms with Crippen LogP contribution in [0, 0.1) is 11.6 Å². The summed E-state index contributed by atoms with van der Waals surface area (Å²) in [5, 5.41) is 2.85. The lowest BCUT2D eigenvalue weighted by Gasteiger charge is -2.26. The summed E-state index contributed by atoms with van der Waals surface area (Å²) < 4.78 is 26.4. The first-order valence-electron chi connectivity index (χ1n) is 6.53. The normalized spacial score (nSPS) is 21.9. The third kappa shape index (κ3) is 4.72. The lowest BCUT2D eigenvalue weighted by molar-refractivity contribution is -0.121. The van der Waals surface area contributed by atoms with Gasteiger partial charge in [-0.3, -0.25) is 4.79 Å². The largest absolute Gasteiger partial charge is 0.353 e. The van der Waals surface area contributed by atoms with Gasteiger partial charge in [-0.1, -0.05) is 0 Å². The van der Waals surface area contributed by atoms with Crippen molar-refractivity contribution in [3.05, 3.63) is 35.4 Å². The molecule has 1 fully saturated rings. The third-order valence-corrected chi connectivity index (χ3v) is 3.50. The summed E-state index contributed by atoms with van der Waals surface area (Å²) in [7, 11) is 0. The Kier molecular flexibility index (Phi) is 6.36. The molecule has 20 heavy (non-hydrogen) atoms. The Morgan fingerprint density at radius 2 is 1.90 bits per heavy atom. The molecule has 3 N–H and O–H groups in total. The van der Waals surface area contributed by atoms with Crippen LogP contribution in [0.2, 0.25) is 0 Å². The van der Waals surface area contributed by atoms with E-state index in [9.17, 15) is 13.6 Å². The van der Waals surface area contributed by atoms with Gasteiger partial charge in [-0.15, -0.1) is 12.4 Å². The molecule has 0 radical (unpaired) electrons. The number of halogens is 3. The molecular weight excluding hydrogens is 286 g/mol. The molecule has 0 aliphatic heterocycles. The molecule has 1 saturated carbocycles. The van der Waals surface area contributed by atoms with Crippen LogP contribution in [0.1, 0.15) is 31.2 Å². The molecule has 1 aromatic carbocycles. The summed E-state index contributed by atoms with van der Waals surface area (Å²) in [6, 6.07) is 3.46. The number of hydrogen-bond donors (Lipinski definition) is 2. The smallest absolute Gasteiger partial charge is 0.224 e. The minimum atomic E-state index is -0.554. The number of carbonyl (C=O) groups is 1. The summed E-state index contributed by atoms with van der Waals surface area (Å²) in [6.07, 6.45) is 3.34. The molecule has 1 amide bonds. The van der Waals surface area contributed by atoms with Crippen LogP contribution in [-0.4, -0.2) is 18.0 Å². The van der Waals surface area contributed by atoms with Gasteiger partial charge in [0.25, 0.3) is 0 Å². The molecule has 3 nitrogen and oxygen atoms in total. The van der Waals surface area contributed by atoms with Crippen LogP contribution in [0.15, 0.2) is 18.2 Å². The fraction of sp³-hybridized carbons (Fsp3) is 0.500.